The maximum absolute atomic E-state index is 14.0. The molecule has 1 atom stereocenters. The molecule has 0 saturated carbocycles. The SMILES string of the molecule is C=CCCN(C(=O)OCc1ccccc1)C(CC=C)(C(=O)OC)C(F)(F)F. The van der Waals surface area contributed by atoms with Gasteiger partial charge in [-0.05, 0) is 12.0 Å². The van der Waals surface area contributed by atoms with E-state index in [2.05, 4.69) is 17.9 Å². The van der Waals surface area contributed by atoms with E-state index < -0.39 is 36.7 Å². The predicted octanol–water partition coefficient (Wildman–Crippen LogP) is 4.25. The van der Waals surface area contributed by atoms with Crippen LogP contribution in [0.15, 0.2) is 55.6 Å². The first-order valence-corrected chi connectivity index (χ1v) is 8.09. The fourth-order valence-electron chi connectivity index (χ4n) is 2.52. The lowest BCUT2D eigenvalue weighted by atomic mass is 9.91. The number of ether oxygens (including phenoxy) is 2. The monoisotopic (exact) mass is 385 g/mol. The lowest BCUT2D eigenvalue weighted by molar-refractivity contribution is -0.234. The fraction of sp³-hybridized carbons (Fsp3) is 0.368. The van der Waals surface area contributed by atoms with Crippen LogP contribution in [0.1, 0.15) is 18.4 Å². The molecule has 0 heterocycles. The van der Waals surface area contributed by atoms with Crippen LogP contribution in [0.5, 0.6) is 0 Å². The molecule has 1 rings (SSSR count). The Bertz CT molecular complexity index is 661. The van der Waals surface area contributed by atoms with Crippen LogP contribution in [0, 0.1) is 0 Å². The van der Waals surface area contributed by atoms with Crippen molar-refractivity contribution in [2.24, 2.45) is 0 Å². The van der Waals surface area contributed by atoms with Gasteiger partial charge in [-0.25, -0.2) is 9.59 Å². The molecule has 1 amide bonds. The van der Waals surface area contributed by atoms with Gasteiger partial charge in [0.1, 0.15) is 6.61 Å². The molecule has 5 nitrogen and oxygen atoms in total. The van der Waals surface area contributed by atoms with E-state index in [0.29, 0.717) is 10.5 Å². The molecule has 0 aliphatic carbocycles. The van der Waals surface area contributed by atoms with Crippen LogP contribution in [0.3, 0.4) is 0 Å². The minimum Gasteiger partial charge on any atom is -0.467 e. The second-order valence-corrected chi connectivity index (χ2v) is 5.61. The minimum atomic E-state index is -5.11. The van der Waals surface area contributed by atoms with E-state index in [-0.39, 0.29) is 13.0 Å². The van der Waals surface area contributed by atoms with Crippen molar-refractivity contribution in [1.82, 2.24) is 4.90 Å². The van der Waals surface area contributed by atoms with Crippen molar-refractivity contribution in [2.75, 3.05) is 13.7 Å². The number of hydrogen-bond donors (Lipinski definition) is 0. The van der Waals surface area contributed by atoms with E-state index in [1.54, 1.807) is 30.3 Å². The Morgan fingerprint density at radius 2 is 1.78 bits per heavy atom. The Morgan fingerprint density at radius 3 is 2.26 bits per heavy atom. The molecule has 27 heavy (non-hydrogen) atoms. The summed E-state index contributed by atoms with van der Waals surface area (Å²) >= 11 is 0. The van der Waals surface area contributed by atoms with Crippen LogP contribution in [0.2, 0.25) is 0 Å². The number of esters is 1. The van der Waals surface area contributed by atoms with Gasteiger partial charge in [0.15, 0.2) is 0 Å². The highest BCUT2D eigenvalue weighted by molar-refractivity contribution is 5.87. The number of carbonyl (C=O) groups is 2. The minimum absolute atomic E-state index is 0.0202. The fourth-order valence-corrected chi connectivity index (χ4v) is 2.52. The van der Waals surface area contributed by atoms with Gasteiger partial charge in [-0.2, -0.15) is 13.2 Å². The molecule has 148 valence electrons. The van der Waals surface area contributed by atoms with Gasteiger partial charge in [0.25, 0.3) is 0 Å². The van der Waals surface area contributed by atoms with Crippen molar-refractivity contribution in [2.45, 2.75) is 31.2 Å². The summed E-state index contributed by atoms with van der Waals surface area (Å²) < 4.78 is 51.4. The predicted molar refractivity (Wildman–Crippen MR) is 93.8 cm³/mol. The molecule has 0 aliphatic rings. The molecule has 0 spiro atoms. The molecule has 1 aromatic carbocycles. The molecule has 0 aliphatic heterocycles. The average molecular weight is 385 g/mol. The van der Waals surface area contributed by atoms with Crippen molar-refractivity contribution < 1.29 is 32.2 Å². The number of amides is 1. The summed E-state index contributed by atoms with van der Waals surface area (Å²) in [6.45, 7) is 6.06. The van der Waals surface area contributed by atoms with E-state index in [9.17, 15) is 22.8 Å². The second kappa shape index (κ2) is 9.80. The van der Waals surface area contributed by atoms with Gasteiger partial charge in [0.05, 0.1) is 7.11 Å². The van der Waals surface area contributed by atoms with E-state index in [1.807, 2.05) is 0 Å². The van der Waals surface area contributed by atoms with Gasteiger partial charge in [-0.15, -0.1) is 13.2 Å². The molecule has 0 fully saturated rings. The number of alkyl halides is 3. The summed E-state index contributed by atoms with van der Waals surface area (Å²) in [4.78, 5) is 25.1. The first-order chi connectivity index (χ1) is 12.7. The Morgan fingerprint density at radius 1 is 1.15 bits per heavy atom. The lowest BCUT2D eigenvalue weighted by Crippen LogP contribution is -2.66. The number of halogens is 3. The van der Waals surface area contributed by atoms with Crippen LogP contribution in [-0.2, 0) is 20.9 Å². The highest BCUT2D eigenvalue weighted by Crippen LogP contribution is 2.40. The summed E-state index contributed by atoms with van der Waals surface area (Å²) in [6, 6.07) is 8.46. The molecular weight excluding hydrogens is 363 g/mol. The van der Waals surface area contributed by atoms with Crippen molar-refractivity contribution in [3.8, 4) is 0 Å². The van der Waals surface area contributed by atoms with Crippen molar-refractivity contribution >= 4 is 12.1 Å². The zero-order valence-electron chi connectivity index (χ0n) is 15.0. The molecule has 1 aromatic rings. The topological polar surface area (TPSA) is 55.8 Å². The van der Waals surface area contributed by atoms with Gasteiger partial charge >= 0.3 is 18.2 Å². The van der Waals surface area contributed by atoms with E-state index in [1.165, 1.54) is 6.08 Å². The van der Waals surface area contributed by atoms with Gasteiger partial charge in [-0.3, -0.25) is 4.90 Å². The van der Waals surface area contributed by atoms with Gasteiger partial charge in [0.2, 0.25) is 5.54 Å². The third-order valence-corrected chi connectivity index (χ3v) is 3.87. The van der Waals surface area contributed by atoms with Crippen LogP contribution >= 0.6 is 0 Å². The van der Waals surface area contributed by atoms with Crippen LogP contribution < -0.4 is 0 Å². The molecule has 0 aromatic heterocycles. The quantitative estimate of drug-likeness (QED) is 0.471. The highest BCUT2D eigenvalue weighted by Gasteiger charge is 2.66. The number of hydrogen-bond acceptors (Lipinski definition) is 4. The maximum Gasteiger partial charge on any atom is 0.423 e. The third-order valence-electron chi connectivity index (χ3n) is 3.87. The zero-order chi connectivity index (χ0) is 20.5. The molecule has 0 saturated heterocycles. The first-order valence-electron chi connectivity index (χ1n) is 8.09. The van der Waals surface area contributed by atoms with E-state index in [0.717, 1.165) is 13.2 Å². The molecule has 8 heteroatoms. The maximum atomic E-state index is 14.0. The Labute approximate surface area is 156 Å². The summed E-state index contributed by atoms with van der Waals surface area (Å²) in [7, 11) is 0.826. The first kappa shape index (κ1) is 22.3. The Hall–Kier alpha value is -2.77. The number of methoxy groups -OCH3 is 1. The normalized spacial score (nSPS) is 13.2. The largest absolute Gasteiger partial charge is 0.467 e. The molecular formula is C19H22F3NO4. The van der Waals surface area contributed by atoms with Crippen molar-refractivity contribution in [3.05, 3.63) is 61.2 Å². The Kier molecular flexibility index (Phi) is 8.08. The summed E-state index contributed by atoms with van der Waals surface area (Å²) in [6.07, 6.45) is -5.00. The van der Waals surface area contributed by atoms with Gasteiger partial charge in [-0.1, -0.05) is 42.5 Å². The van der Waals surface area contributed by atoms with Gasteiger partial charge in [0, 0.05) is 13.0 Å². The van der Waals surface area contributed by atoms with Crippen molar-refractivity contribution in [3.63, 3.8) is 0 Å². The number of carbonyl (C=O) groups excluding carboxylic acids is 2. The lowest BCUT2D eigenvalue weighted by Gasteiger charge is -2.41. The van der Waals surface area contributed by atoms with Gasteiger partial charge < -0.3 is 9.47 Å². The number of benzene rings is 1. The standard InChI is InChI=1S/C19H22F3NO4/c1-4-6-13-23(17(25)27-14-15-10-8-7-9-11-15)18(12-5-2,16(24)26-3)19(20,21)22/h4-5,7-11H,1-2,6,12-14H2,3H3. The second-order valence-electron chi connectivity index (χ2n) is 5.61. The summed E-state index contributed by atoms with van der Waals surface area (Å²) in [5.74, 6) is -1.62. The Balaban J connectivity index is 3.27. The zero-order valence-corrected chi connectivity index (χ0v) is 15.0. The van der Waals surface area contributed by atoms with Crippen LogP contribution in [0.4, 0.5) is 18.0 Å². The average Bonchev–Trinajstić information content (AvgIpc) is 2.64. The third kappa shape index (κ3) is 5.12. The van der Waals surface area contributed by atoms with Crippen LogP contribution in [0.25, 0.3) is 0 Å². The molecule has 0 bridgehead atoms. The molecule has 0 radical (unpaired) electrons. The smallest absolute Gasteiger partial charge is 0.423 e. The number of rotatable bonds is 9. The highest BCUT2D eigenvalue weighted by atomic mass is 19.4. The van der Waals surface area contributed by atoms with Crippen LogP contribution in [-0.4, -0.2) is 42.3 Å². The van der Waals surface area contributed by atoms with E-state index in [4.69, 9.17) is 4.74 Å². The van der Waals surface area contributed by atoms with E-state index >= 15 is 0 Å². The summed E-state index contributed by atoms with van der Waals surface area (Å²) in [5.41, 5.74) is -2.64. The molecule has 1 unspecified atom stereocenters. The molecule has 0 N–H and O–H groups in total. The van der Waals surface area contributed by atoms with Crippen molar-refractivity contribution in [1.29, 1.82) is 0 Å². The summed E-state index contributed by atoms with van der Waals surface area (Å²) in [5, 5.41) is 0. The number of nitrogens with zero attached hydrogens (tertiary/aromatic N) is 1.